The summed E-state index contributed by atoms with van der Waals surface area (Å²) in [5, 5.41) is 0.367. The molecule has 15 heavy (non-hydrogen) atoms. The first-order chi connectivity index (χ1) is 7.25. The highest BCUT2D eigenvalue weighted by atomic mass is 35.5. The van der Waals surface area contributed by atoms with Gasteiger partial charge in [-0.25, -0.2) is 0 Å². The number of nitrogens with two attached hydrogens (primary N) is 1. The van der Waals surface area contributed by atoms with Crippen molar-refractivity contribution in [2.75, 3.05) is 0 Å². The second kappa shape index (κ2) is 4.47. The average Bonchev–Trinajstić information content (AvgIpc) is 2.66. The van der Waals surface area contributed by atoms with Crippen LogP contribution in [0.2, 0.25) is 5.22 Å². The molecule has 0 saturated carbocycles. The minimum Gasteiger partial charge on any atom is -0.448 e. The Kier molecular flexibility index (Phi) is 3.04. The van der Waals surface area contributed by atoms with Gasteiger partial charge >= 0.3 is 0 Å². The highest BCUT2D eigenvalue weighted by Gasteiger charge is 2.11. The van der Waals surface area contributed by atoms with Gasteiger partial charge in [0, 0.05) is 12.4 Å². The van der Waals surface area contributed by atoms with Crippen LogP contribution < -0.4 is 5.73 Å². The number of rotatable bonds is 3. The zero-order valence-corrected chi connectivity index (χ0v) is 8.82. The van der Waals surface area contributed by atoms with E-state index >= 15 is 0 Å². The molecule has 1 atom stereocenters. The summed E-state index contributed by atoms with van der Waals surface area (Å²) in [5.41, 5.74) is 7.04. The SMILES string of the molecule is NC(Cc1cccnc1)c1ccc(Cl)o1. The summed E-state index contributed by atoms with van der Waals surface area (Å²) in [6.07, 6.45) is 4.22. The maximum Gasteiger partial charge on any atom is 0.193 e. The van der Waals surface area contributed by atoms with Crippen LogP contribution in [0, 0.1) is 0 Å². The third-order valence-electron chi connectivity index (χ3n) is 2.14. The summed E-state index contributed by atoms with van der Waals surface area (Å²) in [6, 6.07) is 7.18. The molecule has 0 spiro atoms. The molecule has 0 fully saturated rings. The van der Waals surface area contributed by atoms with Gasteiger partial charge in [0.05, 0.1) is 6.04 Å². The molecule has 2 heterocycles. The van der Waals surface area contributed by atoms with Gasteiger partial charge in [-0.05, 0) is 41.8 Å². The van der Waals surface area contributed by atoms with Gasteiger partial charge in [-0.2, -0.15) is 0 Å². The van der Waals surface area contributed by atoms with Gasteiger partial charge < -0.3 is 10.2 Å². The van der Waals surface area contributed by atoms with Crippen LogP contribution in [0.1, 0.15) is 17.4 Å². The van der Waals surface area contributed by atoms with Crippen LogP contribution in [0.3, 0.4) is 0 Å². The highest BCUT2D eigenvalue weighted by molar-refractivity contribution is 6.28. The Bertz CT molecular complexity index is 427. The molecule has 2 aromatic heterocycles. The van der Waals surface area contributed by atoms with E-state index in [9.17, 15) is 0 Å². The van der Waals surface area contributed by atoms with Gasteiger partial charge in [-0.1, -0.05) is 6.07 Å². The van der Waals surface area contributed by atoms with Crippen molar-refractivity contribution in [1.82, 2.24) is 4.98 Å². The monoisotopic (exact) mass is 222 g/mol. The van der Waals surface area contributed by atoms with Crippen molar-refractivity contribution >= 4 is 11.6 Å². The molecule has 0 aliphatic heterocycles. The van der Waals surface area contributed by atoms with E-state index in [0.717, 1.165) is 5.56 Å². The number of pyridine rings is 1. The van der Waals surface area contributed by atoms with Crippen molar-refractivity contribution in [2.24, 2.45) is 5.73 Å². The first-order valence-electron chi connectivity index (χ1n) is 4.65. The smallest absolute Gasteiger partial charge is 0.193 e. The minimum absolute atomic E-state index is 0.179. The summed E-state index contributed by atoms with van der Waals surface area (Å²) in [4.78, 5) is 4.02. The van der Waals surface area contributed by atoms with Crippen molar-refractivity contribution < 1.29 is 4.42 Å². The molecule has 1 unspecified atom stereocenters. The molecule has 4 heteroatoms. The third kappa shape index (κ3) is 2.58. The molecular formula is C11H11ClN2O. The van der Waals surface area contributed by atoms with E-state index in [1.165, 1.54) is 0 Å². The van der Waals surface area contributed by atoms with E-state index in [2.05, 4.69) is 4.98 Å². The summed E-state index contributed by atoms with van der Waals surface area (Å²) in [7, 11) is 0. The summed E-state index contributed by atoms with van der Waals surface area (Å²) in [5.74, 6) is 0.698. The first-order valence-corrected chi connectivity index (χ1v) is 5.03. The second-order valence-electron chi connectivity index (χ2n) is 3.31. The molecule has 2 N–H and O–H groups in total. The van der Waals surface area contributed by atoms with Crippen molar-refractivity contribution in [3.05, 3.63) is 53.2 Å². The number of hydrogen-bond acceptors (Lipinski definition) is 3. The number of furan rings is 1. The predicted octanol–water partition coefficient (Wildman–Crippen LogP) is 2.57. The summed E-state index contributed by atoms with van der Waals surface area (Å²) >= 11 is 5.67. The topological polar surface area (TPSA) is 52.0 Å². The minimum atomic E-state index is -0.179. The van der Waals surface area contributed by atoms with E-state index in [1.54, 1.807) is 24.5 Å². The highest BCUT2D eigenvalue weighted by Crippen LogP contribution is 2.20. The van der Waals surface area contributed by atoms with Crippen LogP contribution in [0.25, 0.3) is 0 Å². The Hall–Kier alpha value is -1.32. The molecule has 0 aliphatic rings. The molecule has 0 aromatic carbocycles. The van der Waals surface area contributed by atoms with Crippen molar-refractivity contribution in [3.8, 4) is 0 Å². The maximum absolute atomic E-state index is 5.96. The number of nitrogens with zero attached hydrogens (tertiary/aromatic N) is 1. The first kappa shape index (κ1) is 10.2. The zero-order chi connectivity index (χ0) is 10.7. The van der Waals surface area contributed by atoms with Gasteiger partial charge in [-0.15, -0.1) is 0 Å². The molecule has 0 amide bonds. The molecule has 0 bridgehead atoms. The quantitative estimate of drug-likeness (QED) is 0.869. The van der Waals surface area contributed by atoms with E-state index in [4.69, 9.17) is 21.8 Å². The number of aromatic nitrogens is 1. The van der Waals surface area contributed by atoms with E-state index in [0.29, 0.717) is 17.4 Å². The summed E-state index contributed by atoms with van der Waals surface area (Å²) in [6.45, 7) is 0. The van der Waals surface area contributed by atoms with Crippen LogP contribution in [0.15, 0.2) is 41.1 Å². The van der Waals surface area contributed by atoms with Crippen molar-refractivity contribution in [3.63, 3.8) is 0 Å². The van der Waals surface area contributed by atoms with Gasteiger partial charge in [0.25, 0.3) is 0 Å². The summed E-state index contributed by atoms with van der Waals surface area (Å²) < 4.78 is 5.24. The largest absolute Gasteiger partial charge is 0.448 e. The lowest BCUT2D eigenvalue weighted by Gasteiger charge is -2.07. The Labute approximate surface area is 92.9 Å². The van der Waals surface area contributed by atoms with Gasteiger partial charge in [0.2, 0.25) is 0 Å². The normalized spacial score (nSPS) is 12.7. The molecule has 0 aliphatic carbocycles. The lowest BCUT2D eigenvalue weighted by molar-refractivity contribution is 0.466. The Morgan fingerprint density at radius 2 is 2.27 bits per heavy atom. The Morgan fingerprint density at radius 3 is 2.87 bits per heavy atom. The van der Waals surface area contributed by atoms with Gasteiger partial charge in [0.1, 0.15) is 5.76 Å². The lowest BCUT2D eigenvalue weighted by Crippen LogP contribution is -2.12. The van der Waals surface area contributed by atoms with Gasteiger partial charge in [-0.3, -0.25) is 4.98 Å². The zero-order valence-electron chi connectivity index (χ0n) is 8.06. The van der Waals surface area contributed by atoms with Crippen molar-refractivity contribution in [1.29, 1.82) is 0 Å². The van der Waals surface area contributed by atoms with Crippen LogP contribution in [-0.4, -0.2) is 4.98 Å². The molecule has 0 radical (unpaired) electrons. The fraction of sp³-hybridized carbons (Fsp3) is 0.182. The number of halogens is 1. The Balaban J connectivity index is 2.07. The van der Waals surface area contributed by atoms with Crippen LogP contribution in [0.5, 0.6) is 0 Å². The van der Waals surface area contributed by atoms with Crippen LogP contribution in [0.4, 0.5) is 0 Å². The molecule has 0 saturated heterocycles. The van der Waals surface area contributed by atoms with E-state index in [1.807, 2.05) is 12.1 Å². The second-order valence-corrected chi connectivity index (χ2v) is 3.69. The predicted molar refractivity (Wildman–Crippen MR) is 58.6 cm³/mol. The van der Waals surface area contributed by atoms with E-state index in [-0.39, 0.29) is 6.04 Å². The lowest BCUT2D eigenvalue weighted by atomic mass is 10.1. The molecular weight excluding hydrogens is 212 g/mol. The van der Waals surface area contributed by atoms with Crippen LogP contribution >= 0.6 is 11.6 Å². The molecule has 2 aromatic rings. The molecule has 2 rings (SSSR count). The maximum atomic E-state index is 5.96. The fourth-order valence-corrected chi connectivity index (χ4v) is 1.55. The average molecular weight is 223 g/mol. The number of hydrogen-bond donors (Lipinski definition) is 1. The van der Waals surface area contributed by atoms with Gasteiger partial charge in [0.15, 0.2) is 5.22 Å². The third-order valence-corrected chi connectivity index (χ3v) is 2.34. The van der Waals surface area contributed by atoms with Crippen LogP contribution in [-0.2, 0) is 6.42 Å². The van der Waals surface area contributed by atoms with Crippen molar-refractivity contribution in [2.45, 2.75) is 12.5 Å². The molecule has 78 valence electrons. The standard InChI is InChI=1S/C11H11ClN2O/c12-11-4-3-10(15-11)9(13)6-8-2-1-5-14-7-8/h1-5,7,9H,6,13H2. The fourth-order valence-electron chi connectivity index (χ4n) is 1.40. The Morgan fingerprint density at radius 1 is 1.40 bits per heavy atom. The van der Waals surface area contributed by atoms with E-state index < -0.39 is 0 Å². The molecule has 3 nitrogen and oxygen atoms in total.